The normalized spacial score (nSPS) is 9.81. The van der Waals surface area contributed by atoms with Crippen molar-refractivity contribution in [1.82, 2.24) is 0 Å². The summed E-state index contributed by atoms with van der Waals surface area (Å²) in [6, 6.07) is 5.85. The van der Waals surface area contributed by atoms with Crippen LogP contribution in [0.25, 0.3) is 0 Å². The van der Waals surface area contributed by atoms with E-state index in [1.54, 1.807) is 13.0 Å². The van der Waals surface area contributed by atoms with Crippen molar-refractivity contribution < 1.29 is 19.4 Å². The van der Waals surface area contributed by atoms with Crippen LogP contribution in [0.4, 0.5) is 5.69 Å². The lowest BCUT2D eigenvalue weighted by atomic mass is 10.2. The van der Waals surface area contributed by atoms with Gasteiger partial charge in [0.15, 0.2) is 0 Å². The molecule has 16 heavy (non-hydrogen) atoms. The molecule has 0 radical (unpaired) electrons. The molecular formula is C11H12NO4-. The van der Waals surface area contributed by atoms with Gasteiger partial charge in [0.2, 0.25) is 5.91 Å². The molecule has 1 rings (SSSR count). The number of nitrogens with one attached hydrogen (secondary N) is 1. The van der Waals surface area contributed by atoms with E-state index in [2.05, 4.69) is 5.32 Å². The highest BCUT2D eigenvalue weighted by Crippen LogP contribution is 2.09. The number of hydrogen-bond donors (Lipinski definition) is 1. The lowest BCUT2D eigenvalue weighted by Gasteiger charge is -2.07. The summed E-state index contributed by atoms with van der Waals surface area (Å²) in [5, 5.41) is 13.1. The Bertz CT molecular complexity index is 389. The second-order valence-corrected chi connectivity index (χ2v) is 3.05. The Balaban J connectivity index is 2.63. The van der Waals surface area contributed by atoms with Crippen LogP contribution >= 0.6 is 0 Å². The number of carboxylic acid groups (broad SMARTS) is 1. The predicted octanol–water partition coefficient (Wildman–Crippen LogP) is 0.0251. The van der Waals surface area contributed by atoms with Crippen molar-refractivity contribution in [1.29, 1.82) is 0 Å². The molecule has 0 aliphatic carbocycles. The van der Waals surface area contributed by atoms with Crippen molar-refractivity contribution in [2.45, 2.75) is 6.92 Å². The van der Waals surface area contributed by atoms with E-state index >= 15 is 0 Å². The Morgan fingerprint density at radius 3 is 2.81 bits per heavy atom. The number of benzene rings is 1. The molecule has 5 nitrogen and oxygen atoms in total. The van der Waals surface area contributed by atoms with Gasteiger partial charge in [-0.15, -0.1) is 0 Å². The maximum atomic E-state index is 11.3. The quantitative estimate of drug-likeness (QED) is 0.762. The molecule has 0 saturated carbocycles. The molecule has 0 fully saturated rings. The van der Waals surface area contributed by atoms with Crippen LogP contribution in [0.15, 0.2) is 24.3 Å². The third-order valence-electron chi connectivity index (χ3n) is 1.82. The molecule has 1 N–H and O–H groups in total. The summed E-state index contributed by atoms with van der Waals surface area (Å²) in [5.74, 6) is -1.60. The minimum Gasteiger partial charge on any atom is -0.545 e. The molecule has 0 unspecified atom stereocenters. The number of anilines is 1. The molecule has 0 bridgehead atoms. The molecule has 86 valence electrons. The van der Waals surface area contributed by atoms with E-state index in [-0.39, 0.29) is 18.1 Å². The van der Waals surface area contributed by atoms with Gasteiger partial charge in [0.25, 0.3) is 0 Å². The van der Waals surface area contributed by atoms with E-state index in [1.165, 1.54) is 18.2 Å². The van der Waals surface area contributed by atoms with Gasteiger partial charge in [-0.1, -0.05) is 12.1 Å². The summed E-state index contributed by atoms with van der Waals surface area (Å²) >= 11 is 0. The Morgan fingerprint density at radius 2 is 2.19 bits per heavy atom. The third-order valence-corrected chi connectivity index (χ3v) is 1.82. The van der Waals surface area contributed by atoms with Crippen LogP contribution in [0, 0.1) is 0 Å². The Hall–Kier alpha value is -1.88. The minimum absolute atomic E-state index is 0.0224. The first-order valence-corrected chi connectivity index (χ1v) is 4.82. The van der Waals surface area contributed by atoms with Crippen molar-refractivity contribution in [3.05, 3.63) is 29.8 Å². The average molecular weight is 222 g/mol. The number of hydrogen-bond acceptors (Lipinski definition) is 4. The van der Waals surface area contributed by atoms with Gasteiger partial charge in [0, 0.05) is 12.3 Å². The van der Waals surface area contributed by atoms with Crippen LogP contribution in [0.2, 0.25) is 0 Å². The van der Waals surface area contributed by atoms with E-state index in [9.17, 15) is 14.7 Å². The van der Waals surface area contributed by atoms with Gasteiger partial charge in [-0.2, -0.15) is 0 Å². The molecule has 5 heteroatoms. The number of aromatic carboxylic acids is 1. The molecule has 0 atom stereocenters. The summed E-state index contributed by atoms with van der Waals surface area (Å²) in [5.41, 5.74) is 0.431. The highest BCUT2D eigenvalue weighted by Gasteiger charge is 2.02. The van der Waals surface area contributed by atoms with E-state index in [1.807, 2.05) is 0 Å². The summed E-state index contributed by atoms with van der Waals surface area (Å²) in [7, 11) is 0. The van der Waals surface area contributed by atoms with E-state index in [4.69, 9.17) is 4.74 Å². The molecule has 0 heterocycles. The van der Waals surface area contributed by atoms with Gasteiger partial charge in [-0.05, 0) is 24.6 Å². The maximum absolute atomic E-state index is 11.3. The van der Waals surface area contributed by atoms with Crippen LogP contribution in [0.5, 0.6) is 0 Å². The fourth-order valence-corrected chi connectivity index (χ4v) is 1.12. The third kappa shape index (κ3) is 3.70. The van der Waals surface area contributed by atoms with Gasteiger partial charge < -0.3 is 20.0 Å². The Morgan fingerprint density at radius 1 is 1.44 bits per heavy atom. The van der Waals surface area contributed by atoms with Gasteiger partial charge in [0.05, 0.1) is 5.97 Å². The molecule has 0 aliphatic rings. The van der Waals surface area contributed by atoms with Crippen LogP contribution in [0.3, 0.4) is 0 Å². The van der Waals surface area contributed by atoms with E-state index in [0.29, 0.717) is 12.3 Å². The van der Waals surface area contributed by atoms with Crippen LogP contribution < -0.4 is 10.4 Å². The van der Waals surface area contributed by atoms with Gasteiger partial charge in [0.1, 0.15) is 6.61 Å². The summed E-state index contributed by atoms with van der Waals surface area (Å²) in [4.78, 5) is 21.8. The van der Waals surface area contributed by atoms with Crippen molar-refractivity contribution in [2.24, 2.45) is 0 Å². The van der Waals surface area contributed by atoms with E-state index in [0.717, 1.165) is 0 Å². The fraction of sp³-hybridized carbons (Fsp3) is 0.273. The lowest BCUT2D eigenvalue weighted by Crippen LogP contribution is -2.23. The highest BCUT2D eigenvalue weighted by molar-refractivity contribution is 5.93. The lowest BCUT2D eigenvalue weighted by molar-refractivity contribution is -0.255. The number of amides is 1. The number of ether oxygens (including phenoxy) is 1. The number of carbonyl (C=O) groups excluding carboxylic acids is 2. The van der Waals surface area contributed by atoms with Crippen molar-refractivity contribution in [3.63, 3.8) is 0 Å². The predicted molar refractivity (Wildman–Crippen MR) is 55.9 cm³/mol. The summed E-state index contributed by atoms with van der Waals surface area (Å²) in [6.07, 6.45) is 0. The minimum atomic E-state index is -1.28. The number of carbonyl (C=O) groups is 2. The smallest absolute Gasteiger partial charge is 0.250 e. The first kappa shape index (κ1) is 12.2. The number of rotatable bonds is 5. The van der Waals surface area contributed by atoms with Crippen LogP contribution in [0.1, 0.15) is 17.3 Å². The molecule has 0 spiro atoms. The molecule has 1 aromatic carbocycles. The van der Waals surface area contributed by atoms with Crippen LogP contribution in [-0.4, -0.2) is 25.1 Å². The van der Waals surface area contributed by atoms with Gasteiger partial charge >= 0.3 is 0 Å². The SMILES string of the molecule is CCOCC(=O)Nc1cccc(C(=O)[O-])c1. The van der Waals surface area contributed by atoms with E-state index < -0.39 is 5.97 Å². The molecule has 0 saturated heterocycles. The Labute approximate surface area is 93.0 Å². The van der Waals surface area contributed by atoms with Crippen LogP contribution in [-0.2, 0) is 9.53 Å². The molecule has 1 amide bonds. The maximum Gasteiger partial charge on any atom is 0.250 e. The monoisotopic (exact) mass is 222 g/mol. The Kier molecular flexibility index (Phi) is 4.47. The molecule has 0 aliphatic heterocycles. The van der Waals surface area contributed by atoms with Crippen molar-refractivity contribution in [2.75, 3.05) is 18.5 Å². The molecule has 1 aromatic rings. The molecule has 0 aromatic heterocycles. The van der Waals surface area contributed by atoms with Crippen molar-refractivity contribution in [3.8, 4) is 0 Å². The zero-order valence-electron chi connectivity index (χ0n) is 8.86. The standard InChI is InChI=1S/C11H13NO4/c1-2-16-7-10(13)12-9-5-3-4-8(6-9)11(14)15/h3-6H,2,7H2,1H3,(H,12,13)(H,14,15)/p-1. The first-order chi connectivity index (χ1) is 7.63. The first-order valence-electron chi connectivity index (χ1n) is 4.82. The fourth-order valence-electron chi connectivity index (χ4n) is 1.12. The van der Waals surface area contributed by atoms with Gasteiger partial charge in [-0.3, -0.25) is 4.79 Å². The van der Waals surface area contributed by atoms with Crippen molar-refractivity contribution >= 4 is 17.6 Å². The zero-order chi connectivity index (χ0) is 12.0. The topological polar surface area (TPSA) is 78.5 Å². The second kappa shape index (κ2) is 5.87. The second-order valence-electron chi connectivity index (χ2n) is 3.05. The highest BCUT2D eigenvalue weighted by atomic mass is 16.5. The number of carboxylic acids is 1. The molecular weight excluding hydrogens is 210 g/mol. The summed E-state index contributed by atoms with van der Waals surface area (Å²) < 4.78 is 4.90. The largest absolute Gasteiger partial charge is 0.545 e. The average Bonchev–Trinajstić information content (AvgIpc) is 2.26. The zero-order valence-corrected chi connectivity index (χ0v) is 8.86. The van der Waals surface area contributed by atoms with Gasteiger partial charge in [-0.25, -0.2) is 0 Å². The summed E-state index contributed by atoms with van der Waals surface area (Å²) in [6.45, 7) is 2.18.